The fourth-order valence-electron chi connectivity index (χ4n) is 1.05. The van der Waals surface area contributed by atoms with Gasteiger partial charge in [0, 0.05) is 12.6 Å². The van der Waals surface area contributed by atoms with Crippen LogP contribution >= 0.6 is 0 Å². The molecule has 0 fully saturated rings. The first kappa shape index (κ1) is 11.0. The molecule has 0 bridgehead atoms. The first-order valence-electron chi connectivity index (χ1n) is 3.07. The fourth-order valence-corrected chi connectivity index (χ4v) is 1.05. The molecule has 1 nitrogen and oxygen atoms in total. The van der Waals surface area contributed by atoms with Gasteiger partial charge in [-0.3, -0.25) is 4.99 Å². The predicted octanol–water partition coefficient (Wildman–Crippen LogP) is -2.50. The van der Waals surface area contributed by atoms with Crippen LogP contribution in [-0.2, 0) is 6.42 Å². The topological polar surface area (TPSA) is 12.4 Å². The number of fused-ring (bicyclic) bond motifs is 1. The van der Waals surface area contributed by atoms with E-state index in [1.165, 1.54) is 5.56 Å². The minimum atomic E-state index is 0. The molecule has 0 aliphatic carbocycles. The van der Waals surface area contributed by atoms with Crippen molar-refractivity contribution in [2.45, 2.75) is 6.42 Å². The number of hydrogen-bond acceptors (Lipinski definition) is 1. The normalized spacial score (nSPS) is 11.3. The molecule has 1 aliphatic rings. The molecule has 11 heavy (non-hydrogen) atoms. The third-order valence-electron chi connectivity index (χ3n) is 1.53. The minimum absolute atomic E-state index is 0. The van der Waals surface area contributed by atoms with Gasteiger partial charge in [-0.25, -0.2) is 0 Å². The van der Waals surface area contributed by atoms with Crippen LogP contribution in [0.15, 0.2) is 29.3 Å². The van der Waals surface area contributed by atoms with Crippen molar-refractivity contribution in [2.24, 2.45) is 4.99 Å². The van der Waals surface area contributed by atoms with Gasteiger partial charge in [0.05, 0.1) is 5.69 Å². The summed E-state index contributed by atoms with van der Waals surface area (Å²) >= 11 is 0. The monoisotopic (exact) mass is 155 g/mol. The number of hydrogen-bond donors (Lipinski definition) is 0. The Morgan fingerprint density at radius 3 is 2.64 bits per heavy atom. The molecule has 0 amide bonds. The molecule has 1 aromatic carbocycles. The Labute approximate surface area is 90.8 Å². The molecule has 0 radical (unpaired) electrons. The molecular formula is C8H11BNNa. The van der Waals surface area contributed by atoms with Crippen molar-refractivity contribution >= 4 is 20.3 Å². The Morgan fingerprint density at radius 1 is 1.18 bits per heavy atom. The van der Waals surface area contributed by atoms with Gasteiger partial charge in [0.1, 0.15) is 0 Å². The van der Waals surface area contributed by atoms with Gasteiger partial charge >= 0.3 is 29.6 Å². The van der Waals surface area contributed by atoms with Crippen LogP contribution in [0.4, 0.5) is 5.69 Å². The summed E-state index contributed by atoms with van der Waals surface area (Å²) in [5, 5.41) is 0. The summed E-state index contributed by atoms with van der Waals surface area (Å²) < 4.78 is 0. The van der Waals surface area contributed by atoms with Crippen molar-refractivity contribution < 1.29 is 29.6 Å². The van der Waals surface area contributed by atoms with Gasteiger partial charge < -0.3 is 0 Å². The SMILES string of the molecule is C1=Nc2ccccc2C1.[BH4-].[Na+]. The maximum atomic E-state index is 4.17. The first-order chi connectivity index (χ1) is 4.47. The van der Waals surface area contributed by atoms with E-state index in [9.17, 15) is 0 Å². The van der Waals surface area contributed by atoms with E-state index in [0.717, 1.165) is 12.1 Å². The second-order valence-electron chi connectivity index (χ2n) is 2.14. The van der Waals surface area contributed by atoms with Gasteiger partial charge in [-0.1, -0.05) is 26.6 Å². The van der Waals surface area contributed by atoms with E-state index in [0.29, 0.717) is 0 Å². The Bertz CT molecular complexity index is 260. The Kier molecular flexibility index (Phi) is 4.74. The summed E-state index contributed by atoms with van der Waals surface area (Å²) in [5.41, 5.74) is 2.48. The largest absolute Gasteiger partial charge is 1.00 e. The van der Waals surface area contributed by atoms with Gasteiger partial charge in [0.25, 0.3) is 0 Å². The summed E-state index contributed by atoms with van der Waals surface area (Å²) in [6.07, 6.45) is 2.96. The molecule has 52 valence electrons. The molecule has 1 heterocycles. The van der Waals surface area contributed by atoms with Crippen molar-refractivity contribution in [1.82, 2.24) is 0 Å². The molecule has 0 N–H and O–H groups in total. The maximum Gasteiger partial charge on any atom is 1.00 e. The summed E-state index contributed by atoms with van der Waals surface area (Å²) in [7, 11) is 0. The van der Waals surface area contributed by atoms with Gasteiger partial charge in [0.2, 0.25) is 0 Å². The summed E-state index contributed by atoms with van der Waals surface area (Å²) in [6.45, 7) is 0. The molecule has 1 aromatic rings. The van der Waals surface area contributed by atoms with Crippen LogP contribution in [0.1, 0.15) is 5.56 Å². The number of benzene rings is 1. The van der Waals surface area contributed by atoms with Crippen LogP contribution in [0.2, 0.25) is 0 Å². The van der Waals surface area contributed by atoms with Gasteiger partial charge in [0.15, 0.2) is 0 Å². The quantitative estimate of drug-likeness (QED) is 0.367. The van der Waals surface area contributed by atoms with Gasteiger partial charge in [-0.15, -0.1) is 0 Å². The van der Waals surface area contributed by atoms with Crippen LogP contribution in [0.5, 0.6) is 0 Å². The zero-order chi connectivity index (χ0) is 6.10. The van der Waals surface area contributed by atoms with E-state index in [1.807, 2.05) is 24.4 Å². The molecular weight excluding hydrogens is 144 g/mol. The van der Waals surface area contributed by atoms with Crippen LogP contribution < -0.4 is 29.6 Å². The Hall–Kier alpha value is -0.0451. The summed E-state index contributed by atoms with van der Waals surface area (Å²) in [4.78, 5) is 4.17. The Balaban J connectivity index is 0.000000500. The van der Waals surface area contributed by atoms with Gasteiger partial charge in [-0.2, -0.15) is 0 Å². The molecule has 0 unspecified atom stereocenters. The number of para-hydroxylation sites is 1. The van der Waals surface area contributed by atoms with Crippen LogP contribution in [0, 0.1) is 0 Å². The minimum Gasteiger partial charge on any atom is -0.261 e. The van der Waals surface area contributed by atoms with Crippen molar-refractivity contribution in [3.8, 4) is 0 Å². The summed E-state index contributed by atoms with van der Waals surface area (Å²) in [6, 6.07) is 8.22. The van der Waals surface area contributed by atoms with Gasteiger partial charge in [-0.05, 0) is 11.6 Å². The number of aliphatic imine (C=N–C) groups is 1. The number of rotatable bonds is 0. The van der Waals surface area contributed by atoms with Crippen LogP contribution in [0.3, 0.4) is 0 Å². The van der Waals surface area contributed by atoms with Crippen molar-refractivity contribution in [2.75, 3.05) is 0 Å². The van der Waals surface area contributed by atoms with E-state index >= 15 is 0 Å². The van der Waals surface area contributed by atoms with Crippen molar-refractivity contribution in [3.63, 3.8) is 0 Å². The van der Waals surface area contributed by atoms with E-state index < -0.39 is 0 Å². The third-order valence-corrected chi connectivity index (χ3v) is 1.53. The molecule has 0 saturated heterocycles. The third kappa shape index (κ3) is 2.19. The molecule has 0 saturated carbocycles. The second kappa shape index (κ2) is 4.76. The zero-order valence-electron chi connectivity index (χ0n) is 6.04. The molecule has 0 atom stereocenters. The van der Waals surface area contributed by atoms with E-state index in [-0.39, 0.29) is 38.0 Å². The van der Waals surface area contributed by atoms with Crippen LogP contribution in [-0.4, -0.2) is 14.6 Å². The molecule has 3 heteroatoms. The average Bonchev–Trinajstić information content (AvgIpc) is 2.33. The molecule has 1 aliphatic heterocycles. The van der Waals surface area contributed by atoms with E-state index in [1.54, 1.807) is 0 Å². The van der Waals surface area contributed by atoms with Crippen LogP contribution in [0.25, 0.3) is 0 Å². The predicted molar refractivity (Wildman–Crippen MR) is 49.6 cm³/mol. The fraction of sp³-hybridized carbons (Fsp3) is 0.125. The Morgan fingerprint density at radius 2 is 1.91 bits per heavy atom. The zero-order valence-corrected chi connectivity index (χ0v) is 8.04. The first-order valence-corrected chi connectivity index (χ1v) is 3.07. The maximum absolute atomic E-state index is 4.17. The smallest absolute Gasteiger partial charge is 0.261 e. The molecule has 0 aromatic heterocycles. The van der Waals surface area contributed by atoms with Crippen molar-refractivity contribution in [1.29, 1.82) is 0 Å². The average molecular weight is 155 g/mol. The van der Waals surface area contributed by atoms with E-state index in [2.05, 4.69) is 11.1 Å². The van der Waals surface area contributed by atoms with E-state index in [4.69, 9.17) is 0 Å². The molecule has 0 spiro atoms. The summed E-state index contributed by atoms with van der Waals surface area (Å²) in [5.74, 6) is 0. The van der Waals surface area contributed by atoms with Crippen molar-refractivity contribution in [3.05, 3.63) is 29.8 Å². The standard InChI is InChI=1S/C8H7N.BH4.Na/c1-2-4-8-7(3-1)5-6-9-8;;/h1-4,6H,5H2;1H4;/q;-1;+1. The second-order valence-corrected chi connectivity index (χ2v) is 2.14. The molecule has 2 rings (SSSR count). The number of nitrogens with zero attached hydrogens (tertiary/aromatic N) is 1.